The van der Waals surface area contributed by atoms with Crippen LogP contribution in [0, 0.1) is 0 Å². The van der Waals surface area contributed by atoms with E-state index in [0.29, 0.717) is 18.8 Å². The van der Waals surface area contributed by atoms with Crippen LogP contribution in [0.3, 0.4) is 0 Å². The van der Waals surface area contributed by atoms with Crippen molar-refractivity contribution >= 4 is 22.5 Å². The smallest absolute Gasteiger partial charge is 0.238 e. The largest absolute Gasteiger partial charge is 0.490 e. The Balaban J connectivity index is 1.18. The summed E-state index contributed by atoms with van der Waals surface area (Å²) in [5.74, 6) is 0.147. The molecule has 4 heterocycles. The molecule has 1 aliphatic heterocycles. The van der Waals surface area contributed by atoms with Crippen molar-refractivity contribution in [3.05, 3.63) is 108 Å². The summed E-state index contributed by atoms with van der Waals surface area (Å²) < 4.78 is 6.02. The molecule has 7 nitrogen and oxygen atoms in total. The molecule has 0 bridgehead atoms. The van der Waals surface area contributed by atoms with Gasteiger partial charge in [0.05, 0.1) is 11.9 Å². The fourth-order valence-electron chi connectivity index (χ4n) is 4.78. The normalized spacial score (nSPS) is 15.5. The summed E-state index contributed by atoms with van der Waals surface area (Å²) in [7, 11) is 0. The first-order valence-corrected chi connectivity index (χ1v) is 11.9. The lowest BCUT2D eigenvalue weighted by atomic mass is 9.93. The average molecular weight is 476 g/mol. The molecule has 0 spiro atoms. The van der Waals surface area contributed by atoms with E-state index in [9.17, 15) is 4.79 Å². The minimum absolute atomic E-state index is 0.0692. The number of fused-ring (bicyclic) bond motifs is 2. The van der Waals surface area contributed by atoms with Crippen LogP contribution in [0.25, 0.3) is 22.0 Å². The second-order valence-corrected chi connectivity index (χ2v) is 9.02. The van der Waals surface area contributed by atoms with Crippen molar-refractivity contribution < 1.29 is 9.53 Å². The number of pyridine rings is 2. The van der Waals surface area contributed by atoms with Gasteiger partial charge in [0, 0.05) is 46.8 Å². The first-order chi connectivity index (χ1) is 17.7. The van der Waals surface area contributed by atoms with Crippen LogP contribution in [-0.2, 0) is 11.2 Å². The van der Waals surface area contributed by atoms with Gasteiger partial charge in [-0.2, -0.15) is 0 Å². The number of hydrogen-bond acceptors (Lipinski definition) is 5. The van der Waals surface area contributed by atoms with E-state index in [4.69, 9.17) is 10.5 Å². The van der Waals surface area contributed by atoms with Gasteiger partial charge in [-0.15, -0.1) is 0 Å². The maximum atomic E-state index is 12.7. The number of nitrogens with two attached hydrogens (primary N) is 1. The Morgan fingerprint density at radius 3 is 2.78 bits per heavy atom. The zero-order valence-electron chi connectivity index (χ0n) is 19.5. The maximum Gasteiger partial charge on any atom is 0.238 e. The van der Waals surface area contributed by atoms with Crippen molar-refractivity contribution in [2.75, 3.05) is 11.9 Å². The van der Waals surface area contributed by atoms with E-state index >= 15 is 0 Å². The van der Waals surface area contributed by atoms with Gasteiger partial charge in [-0.1, -0.05) is 30.3 Å². The van der Waals surface area contributed by atoms with Crippen molar-refractivity contribution in [3.63, 3.8) is 0 Å². The maximum absolute atomic E-state index is 12.7. The number of carbonyl (C=O) groups is 1. The molecular weight excluding hydrogens is 450 g/mol. The molecule has 0 saturated heterocycles. The molecule has 2 aromatic carbocycles. The summed E-state index contributed by atoms with van der Waals surface area (Å²) in [5.41, 5.74) is 13.0. The highest BCUT2D eigenvalue weighted by Gasteiger charge is 2.33. The number of benzene rings is 2. The number of amides is 1. The van der Waals surface area contributed by atoms with Crippen LogP contribution in [-0.4, -0.2) is 33.5 Å². The number of rotatable bonds is 7. The Labute approximate surface area is 208 Å². The molecule has 178 valence electrons. The van der Waals surface area contributed by atoms with Crippen molar-refractivity contribution in [3.8, 4) is 16.9 Å². The summed E-state index contributed by atoms with van der Waals surface area (Å²) in [6.45, 7) is 0.370. The predicted molar refractivity (Wildman–Crippen MR) is 140 cm³/mol. The molecule has 0 fully saturated rings. The van der Waals surface area contributed by atoms with Gasteiger partial charge in [0.1, 0.15) is 18.3 Å². The molecule has 4 N–H and O–H groups in total. The van der Waals surface area contributed by atoms with Gasteiger partial charge in [-0.3, -0.25) is 14.8 Å². The van der Waals surface area contributed by atoms with Crippen molar-refractivity contribution in [1.29, 1.82) is 0 Å². The molecule has 0 saturated carbocycles. The lowest BCUT2D eigenvalue weighted by Crippen LogP contribution is -2.30. The lowest BCUT2D eigenvalue weighted by Gasteiger charge is -2.14. The number of para-hydroxylation sites is 1. The number of nitrogens with one attached hydrogen (secondary N) is 2. The number of ether oxygens (including phenoxy) is 1. The molecule has 3 aromatic heterocycles. The van der Waals surface area contributed by atoms with Crippen LogP contribution < -0.4 is 15.8 Å². The van der Waals surface area contributed by atoms with Gasteiger partial charge in [-0.25, -0.2) is 0 Å². The lowest BCUT2D eigenvalue weighted by molar-refractivity contribution is -0.116. The first-order valence-electron chi connectivity index (χ1n) is 11.9. The number of aromatic nitrogens is 3. The van der Waals surface area contributed by atoms with E-state index in [0.717, 1.165) is 33.6 Å². The highest BCUT2D eigenvalue weighted by molar-refractivity contribution is 6.05. The minimum Gasteiger partial charge on any atom is -0.490 e. The van der Waals surface area contributed by atoms with Crippen molar-refractivity contribution in [2.24, 2.45) is 5.73 Å². The van der Waals surface area contributed by atoms with E-state index < -0.39 is 5.92 Å². The standard InChI is InChI=1S/C29H25N5O2/c30-21(11-20-15-33-25-6-2-1-5-23(20)25)17-36-22-12-19(14-31-16-22)18-8-9-26-24(13-18)28(29(35)34-26)27-7-3-4-10-32-27/h1-10,12-16,21,28,33H,11,17,30H2,(H,34,35)/t21-,28?/m0/s1. The second kappa shape index (κ2) is 9.28. The fourth-order valence-corrected chi connectivity index (χ4v) is 4.78. The molecule has 1 aliphatic rings. The summed E-state index contributed by atoms with van der Waals surface area (Å²) in [4.78, 5) is 24.7. The van der Waals surface area contributed by atoms with Crippen LogP contribution in [0.1, 0.15) is 22.7 Å². The minimum atomic E-state index is -0.434. The second-order valence-electron chi connectivity index (χ2n) is 9.02. The van der Waals surface area contributed by atoms with Gasteiger partial charge < -0.3 is 20.8 Å². The van der Waals surface area contributed by atoms with Gasteiger partial charge in [0.2, 0.25) is 5.91 Å². The predicted octanol–water partition coefficient (Wildman–Crippen LogP) is 4.66. The molecule has 36 heavy (non-hydrogen) atoms. The molecule has 2 atom stereocenters. The molecule has 7 heteroatoms. The molecule has 6 rings (SSSR count). The van der Waals surface area contributed by atoms with E-state index in [1.807, 2.05) is 60.8 Å². The van der Waals surface area contributed by atoms with E-state index in [1.54, 1.807) is 18.6 Å². The van der Waals surface area contributed by atoms with E-state index in [1.165, 1.54) is 10.9 Å². The van der Waals surface area contributed by atoms with Crippen LogP contribution in [0.5, 0.6) is 5.75 Å². The average Bonchev–Trinajstić information content (AvgIpc) is 3.47. The van der Waals surface area contributed by atoms with Gasteiger partial charge in [0.25, 0.3) is 0 Å². The zero-order chi connectivity index (χ0) is 24.5. The van der Waals surface area contributed by atoms with Gasteiger partial charge in [-0.05, 0) is 59.5 Å². The third-order valence-corrected chi connectivity index (χ3v) is 6.53. The number of anilines is 1. The molecule has 5 aromatic rings. The molecule has 0 aliphatic carbocycles. The zero-order valence-corrected chi connectivity index (χ0v) is 19.5. The third kappa shape index (κ3) is 4.21. The highest BCUT2D eigenvalue weighted by Crippen LogP contribution is 2.39. The monoisotopic (exact) mass is 475 g/mol. The number of hydrogen-bond donors (Lipinski definition) is 3. The topological polar surface area (TPSA) is 106 Å². The summed E-state index contributed by atoms with van der Waals surface area (Å²) in [5, 5.41) is 4.15. The van der Waals surface area contributed by atoms with Crippen LogP contribution in [0.4, 0.5) is 5.69 Å². The van der Waals surface area contributed by atoms with Crippen LogP contribution in [0.2, 0.25) is 0 Å². The number of nitrogens with zero attached hydrogens (tertiary/aromatic N) is 2. The fraction of sp³-hybridized carbons (Fsp3) is 0.138. The third-order valence-electron chi connectivity index (χ3n) is 6.53. The summed E-state index contributed by atoms with van der Waals surface area (Å²) >= 11 is 0. The highest BCUT2D eigenvalue weighted by atomic mass is 16.5. The SMILES string of the molecule is N[C@H](COc1cncc(-c2ccc3c(c2)C(c2ccccn2)C(=O)N3)c1)Cc1c[nH]c2ccccc12. The number of H-pyrrole nitrogens is 1. The summed E-state index contributed by atoms with van der Waals surface area (Å²) in [6, 6.07) is 21.5. The molecule has 1 unspecified atom stereocenters. The Hall–Kier alpha value is -4.49. The Morgan fingerprint density at radius 1 is 1.00 bits per heavy atom. The van der Waals surface area contributed by atoms with E-state index in [2.05, 4.69) is 32.4 Å². The van der Waals surface area contributed by atoms with Crippen molar-refractivity contribution in [2.45, 2.75) is 18.4 Å². The van der Waals surface area contributed by atoms with Crippen LogP contribution in [0.15, 0.2) is 91.5 Å². The quantitative estimate of drug-likeness (QED) is 0.318. The van der Waals surface area contributed by atoms with Gasteiger partial charge in [0.15, 0.2) is 0 Å². The summed E-state index contributed by atoms with van der Waals surface area (Å²) in [6.07, 6.45) is 7.91. The van der Waals surface area contributed by atoms with E-state index in [-0.39, 0.29) is 11.9 Å². The molecule has 0 radical (unpaired) electrons. The van der Waals surface area contributed by atoms with Gasteiger partial charge >= 0.3 is 0 Å². The Kier molecular flexibility index (Phi) is 5.67. The first kappa shape index (κ1) is 22.0. The molecule has 1 amide bonds. The van der Waals surface area contributed by atoms with Crippen LogP contribution >= 0.6 is 0 Å². The Bertz CT molecular complexity index is 1550. The molecular formula is C29H25N5O2. The van der Waals surface area contributed by atoms with Crippen molar-refractivity contribution in [1.82, 2.24) is 15.0 Å². The Morgan fingerprint density at radius 2 is 1.89 bits per heavy atom. The number of carbonyl (C=O) groups excluding carboxylic acids is 1. The number of aromatic amines is 1.